The maximum Gasteiger partial charge on any atom is 0.156 e. The van der Waals surface area contributed by atoms with E-state index in [4.69, 9.17) is 5.73 Å². The van der Waals surface area contributed by atoms with E-state index in [1.807, 2.05) is 13.1 Å². The molecule has 0 aromatic carbocycles. The zero-order valence-electron chi connectivity index (χ0n) is 6.83. The Morgan fingerprint density at radius 1 is 1.58 bits per heavy atom. The van der Waals surface area contributed by atoms with Crippen molar-refractivity contribution in [3.8, 4) is 0 Å². The van der Waals surface area contributed by atoms with E-state index in [1.54, 1.807) is 6.20 Å². The minimum Gasteiger partial charge on any atom is -0.344 e. The standard InChI is InChI=1S/C8H10N4/c1-5-3-10-8-7(12-5)6(2-9)4-11-8/h3-4H,2,9H2,1H3,(H,10,11). The van der Waals surface area contributed by atoms with Crippen molar-refractivity contribution in [2.75, 3.05) is 0 Å². The first-order chi connectivity index (χ1) is 5.81. The number of hydrogen-bond acceptors (Lipinski definition) is 3. The van der Waals surface area contributed by atoms with Crippen LogP contribution in [0, 0.1) is 6.92 Å². The zero-order valence-corrected chi connectivity index (χ0v) is 6.83. The molecular weight excluding hydrogens is 152 g/mol. The zero-order chi connectivity index (χ0) is 8.55. The smallest absolute Gasteiger partial charge is 0.156 e. The molecule has 62 valence electrons. The van der Waals surface area contributed by atoms with Gasteiger partial charge < -0.3 is 10.7 Å². The Hall–Kier alpha value is -1.42. The van der Waals surface area contributed by atoms with E-state index < -0.39 is 0 Å². The van der Waals surface area contributed by atoms with Crippen molar-refractivity contribution >= 4 is 11.2 Å². The molecule has 4 heteroatoms. The molecule has 2 heterocycles. The van der Waals surface area contributed by atoms with Crippen LogP contribution in [0.3, 0.4) is 0 Å². The lowest BCUT2D eigenvalue weighted by atomic mass is 10.3. The predicted octanol–water partition coefficient (Wildman–Crippen LogP) is 0.725. The Bertz CT molecular complexity index is 404. The molecule has 0 radical (unpaired) electrons. The summed E-state index contributed by atoms with van der Waals surface area (Å²) >= 11 is 0. The molecule has 3 N–H and O–H groups in total. The van der Waals surface area contributed by atoms with Crippen LogP contribution in [0.15, 0.2) is 12.4 Å². The number of rotatable bonds is 1. The van der Waals surface area contributed by atoms with Crippen molar-refractivity contribution in [3.63, 3.8) is 0 Å². The monoisotopic (exact) mass is 162 g/mol. The van der Waals surface area contributed by atoms with Gasteiger partial charge in [-0.1, -0.05) is 0 Å². The fourth-order valence-corrected chi connectivity index (χ4v) is 1.19. The fraction of sp³-hybridized carbons (Fsp3) is 0.250. The van der Waals surface area contributed by atoms with E-state index in [0.717, 1.165) is 22.4 Å². The van der Waals surface area contributed by atoms with Crippen LogP contribution in [-0.2, 0) is 6.54 Å². The molecule has 0 unspecified atom stereocenters. The summed E-state index contributed by atoms with van der Waals surface area (Å²) in [5, 5.41) is 0. The lowest BCUT2D eigenvalue weighted by molar-refractivity contribution is 1.07. The van der Waals surface area contributed by atoms with E-state index in [9.17, 15) is 0 Å². The average Bonchev–Trinajstić information content (AvgIpc) is 2.46. The summed E-state index contributed by atoms with van der Waals surface area (Å²) in [6.07, 6.45) is 3.59. The van der Waals surface area contributed by atoms with Gasteiger partial charge >= 0.3 is 0 Å². The molecule has 0 aliphatic heterocycles. The maximum absolute atomic E-state index is 5.52. The van der Waals surface area contributed by atoms with Crippen LogP contribution >= 0.6 is 0 Å². The third-order valence-corrected chi connectivity index (χ3v) is 1.80. The van der Waals surface area contributed by atoms with Crippen molar-refractivity contribution in [2.24, 2.45) is 5.73 Å². The number of hydrogen-bond donors (Lipinski definition) is 2. The second-order valence-electron chi connectivity index (χ2n) is 2.73. The molecule has 0 saturated carbocycles. The maximum atomic E-state index is 5.52. The molecule has 2 aromatic rings. The summed E-state index contributed by atoms with van der Waals surface area (Å²) in [5.74, 6) is 0. The first kappa shape index (κ1) is 7.24. The van der Waals surface area contributed by atoms with Crippen LogP contribution in [0.25, 0.3) is 11.2 Å². The topological polar surface area (TPSA) is 67.6 Å². The SMILES string of the molecule is Cc1cnc2[nH]cc(CN)c2n1. The van der Waals surface area contributed by atoms with Crippen LogP contribution in [0.4, 0.5) is 0 Å². The number of aryl methyl sites for hydroxylation is 1. The van der Waals surface area contributed by atoms with Crippen LogP contribution < -0.4 is 5.73 Å². The first-order valence-electron chi connectivity index (χ1n) is 3.81. The quantitative estimate of drug-likeness (QED) is 0.649. The van der Waals surface area contributed by atoms with Gasteiger partial charge in [0, 0.05) is 18.3 Å². The molecule has 0 amide bonds. The van der Waals surface area contributed by atoms with Crippen molar-refractivity contribution < 1.29 is 0 Å². The summed E-state index contributed by atoms with van der Waals surface area (Å²) < 4.78 is 0. The highest BCUT2D eigenvalue weighted by Crippen LogP contribution is 2.12. The van der Waals surface area contributed by atoms with Gasteiger partial charge in [-0.25, -0.2) is 9.97 Å². The Kier molecular flexibility index (Phi) is 1.55. The van der Waals surface area contributed by atoms with Gasteiger partial charge in [0.2, 0.25) is 0 Å². The second-order valence-corrected chi connectivity index (χ2v) is 2.73. The Balaban J connectivity index is 2.75. The Morgan fingerprint density at radius 2 is 2.42 bits per heavy atom. The van der Waals surface area contributed by atoms with E-state index in [0.29, 0.717) is 6.54 Å². The van der Waals surface area contributed by atoms with Gasteiger partial charge in [0.15, 0.2) is 5.65 Å². The number of nitrogens with zero attached hydrogens (tertiary/aromatic N) is 2. The van der Waals surface area contributed by atoms with Crippen molar-refractivity contribution in [1.29, 1.82) is 0 Å². The Labute approximate surface area is 69.8 Å². The Morgan fingerprint density at radius 3 is 3.17 bits per heavy atom. The molecule has 2 rings (SSSR count). The number of H-pyrrole nitrogens is 1. The van der Waals surface area contributed by atoms with Gasteiger partial charge in [-0.05, 0) is 6.92 Å². The van der Waals surface area contributed by atoms with Gasteiger partial charge in [-0.15, -0.1) is 0 Å². The molecule has 0 bridgehead atoms. The van der Waals surface area contributed by atoms with Gasteiger partial charge in [0.25, 0.3) is 0 Å². The highest BCUT2D eigenvalue weighted by molar-refractivity contribution is 5.74. The van der Waals surface area contributed by atoms with Crippen molar-refractivity contribution in [3.05, 3.63) is 23.7 Å². The predicted molar refractivity (Wildman–Crippen MR) is 46.5 cm³/mol. The van der Waals surface area contributed by atoms with E-state index in [-0.39, 0.29) is 0 Å². The number of fused-ring (bicyclic) bond motifs is 1. The highest BCUT2D eigenvalue weighted by atomic mass is 14.9. The van der Waals surface area contributed by atoms with Crippen LogP contribution in [-0.4, -0.2) is 15.0 Å². The lowest BCUT2D eigenvalue weighted by Crippen LogP contribution is -1.96. The largest absolute Gasteiger partial charge is 0.344 e. The summed E-state index contributed by atoms with van der Waals surface area (Å²) in [7, 11) is 0. The molecule has 0 atom stereocenters. The molecular formula is C8H10N4. The van der Waals surface area contributed by atoms with E-state index >= 15 is 0 Å². The molecule has 0 fully saturated rings. The molecule has 0 aliphatic carbocycles. The van der Waals surface area contributed by atoms with Gasteiger partial charge in [0.05, 0.1) is 11.9 Å². The molecule has 12 heavy (non-hydrogen) atoms. The minimum absolute atomic E-state index is 0.498. The average molecular weight is 162 g/mol. The number of nitrogens with two attached hydrogens (primary N) is 1. The second kappa shape index (κ2) is 2.57. The molecule has 4 nitrogen and oxygen atoms in total. The van der Waals surface area contributed by atoms with Crippen LogP contribution in [0.1, 0.15) is 11.3 Å². The first-order valence-corrected chi connectivity index (χ1v) is 3.81. The number of nitrogens with one attached hydrogen (secondary N) is 1. The minimum atomic E-state index is 0.498. The normalized spacial score (nSPS) is 10.8. The van der Waals surface area contributed by atoms with Crippen molar-refractivity contribution in [1.82, 2.24) is 15.0 Å². The molecule has 0 aliphatic rings. The summed E-state index contributed by atoms with van der Waals surface area (Å²) in [6, 6.07) is 0. The third kappa shape index (κ3) is 0.967. The summed E-state index contributed by atoms with van der Waals surface area (Å²) in [5.41, 5.74) is 9.14. The number of aromatic amines is 1. The fourth-order valence-electron chi connectivity index (χ4n) is 1.19. The third-order valence-electron chi connectivity index (χ3n) is 1.80. The lowest BCUT2D eigenvalue weighted by Gasteiger charge is -1.93. The molecule has 0 spiro atoms. The summed E-state index contributed by atoms with van der Waals surface area (Å²) in [4.78, 5) is 11.5. The molecule has 0 saturated heterocycles. The van der Waals surface area contributed by atoms with Crippen molar-refractivity contribution in [2.45, 2.75) is 13.5 Å². The molecule has 2 aromatic heterocycles. The van der Waals surface area contributed by atoms with Gasteiger partial charge in [0.1, 0.15) is 5.52 Å². The number of aromatic nitrogens is 3. The van der Waals surface area contributed by atoms with Gasteiger partial charge in [-0.3, -0.25) is 0 Å². The van der Waals surface area contributed by atoms with Gasteiger partial charge in [-0.2, -0.15) is 0 Å². The van der Waals surface area contributed by atoms with Crippen LogP contribution in [0.5, 0.6) is 0 Å². The van der Waals surface area contributed by atoms with Crippen LogP contribution in [0.2, 0.25) is 0 Å². The van der Waals surface area contributed by atoms with E-state index in [1.165, 1.54) is 0 Å². The summed E-state index contributed by atoms with van der Waals surface area (Å²) in [6.45, 7) is 2.41. The highest BCUT2D eigenvalue weighted by Gasteiger charge is 2.03. The van der Waals surface area contributed by atoms with E-state index in [2.05, 4.69) is 15.0 Å².